The SMILES string of the molecule is CC(C)(C)n1cc(C(=O)C2CC3COCC(C2)N3C(=O)OCC2c3ccccc3-c3ccccc32)cn1. The van der Waals surface area contributed by atoms with E-state index < -0.39 is 0 Å². The number of ketones is 1. The number of hydrogen-bond acceptors (Lipinski definition) is 5. The normalized spacial score (nSPS) is 22.9. The fraction of sp³-hybridized carbons (Fsp3) is 0.433. The van der Waals surface area contributed by atoms with Gasteiger partial charge >= 0.3 is 6.09 Å². The van der Waals surface area contributed by atoms with E-state index in [1.807, 2.05) is 40.0 Å². The van der Waals surface area contributed by atoms with Crippen molar-refractivity contribution in [1.29, 1.82) is 0 Å². The zero-order valence-electron chi connectivity index (χ0n) is 21.6. The Hall–Kier alpha value is -3.45. The predicted molar refractivity (Wildman–Crippen MR) is 140 cm³/mol. The Labute approximate surface area is 217 Å². The van der Waals surface area contributed by atoms with Crippen LogP contribution in [0.2, 0.25) is 0 Å². The van der Waals surface area contributed by atoms with E-state index in [1.54, 1.807) is 6.20 Å². The second-order valence-electron chi connectivity index (χ2n) is 11.4. The van der Waals surface area contributed by atoms with Crippen molar-refractivity contribution in [2.24, 2.45) is 5.92 Å². The van der Waals surface area contributed by atoms with Crippen molar-refractivity contribution in [2.45, 2.75) is 57.2 Å². The lowest BCUT2D eigenvalue weighted by molar-refractivity contribution is -0.0747. The summed E-state index contributed by atoms with van der Waals surface area (Å²) in [5.74, 6) is -0.0420. The number of piperidine rings is 1. The van der Waals surface area contributed by atoms with Crippen LogP contribution in [0.15, 0.2) is 60.9 Å². The number of fused-ring (bicyclic) bond motifs is 5. The van der Waals surface area contributed by atoms with Crippen LogP contribution in [0.25, 0.3) is 11.1 Å². The van der Waals surface area contributed by atoms with Gasteiger partial charge in [0.05, 0.1) is 42.6 Å². The van der Waals surface area contributed by atoms with Crippen molar-refractivity contribution in [3.8, 4) is 11.1 Å². The molecule has 192 valence electrons. The number of aromatic nitrogens is 2. The van der Waals surface area contributed by atoms with Crippen LogP contribution in [0, 0.1) is 5.92 Å². The molecule has 6 rings (SSSR count). The monoisotopic (exact) mass is 499 g/mol. The molecule has 2 fully saturated rings. The highest BCUT2D eigenvalue weighted by molar-refractivity contribution is 5.97. The molecule has 1 aliphatic carbocycles. The molecular weight excluding hydrogens is 466 g/mol. The quantitative estimate of drug-likeness (QED) is 0.459. The Bertz CT molecular complexity index is 1280. The third-order valence-corrected chi connectivity index (χ3v) is 7.99. The summed E-state index contributed by atoms with van der Waals surface area (Å²) < 4.78 is 13.6. The van der Waals surface area contributed by atoms with Crippen molar-refractivity contribution in [3.05, 3.63) is 77.6 Å². The number of ether oxygens (including phenoxy) is 2. The van der Waals surface area contributed by atoms with Gasteiger partial charge in [0.15, 0.2) is 5.78 Å². The molecule has 2 unspecified atom stereocenters. The molecule has 0 saturated carbocycles. The molecular formula is C30H33N3O4. The molecule has 3 aliphatic rings. The standard InChI is InChI=1S/C30H33N3O4/c1-30(2,3)32-15-20(14-31-32)28(34)19-12-21-16-36-17-22(13-19)33(21)29(35)37-18-27-25-10-6-4-8-23(25)24-9-5-7-11-26(24)27/h4-11,14-15,19,21-22,27H,12-13,16-18H2,1-3H3. The largest absolute Gasteiger partial charge is 0.448 e. The second-order valence-corrected chi connectivity index (χ2v) is 11.4. The van der Waals surface area contributed by atoms with E-state index in [1.165, 1.54) is 22.3 Å². The van der Waals surface area contributed by atoms with Crippen molar-refractivity contribution in [1.82, 2.24) is 14.7 Å². The number of nitrogens with zero attached hydrogens (tertiary/aromatic N) is 3. The van der Waals surface area contributed by atoms with E-state index in [2.05, 4.69) is 50.1 Å². The Morgan fingerprint density at radius 3 is 2.14 bits per heavy atom. The fourth-order valence-corrected chi connectivity index (χ4v) is 6.15. The van der Waals surface area contributed by atoms with E-state index in [0.717, 1.165) is 0 Å². The number of hydrogen-bond donors (Lipinski definition) is 0. The molecule has 2 saturated heterocycles. The average molecular weight is 500 g/mol. The van der Waals surface area contributed by atoms with Crippen LogP contribution in [0.1, 0.15) is 61.0 Å². The minimum atomic E-state index is -0.313. The zero-order chi connectivity index (χ0) is 25.7. The highest BCUT2D eigenvalue weighted by Crippen LogP contribution is 2.44. The third kappa shape index (κ3) is 4.25. The molecule has 7 nitrogen and oxygen atoms in total. The van der Waals surface area contributed by atoms with Crippen molar-refractivity contribution >= 4 is 11.9 Å². The molecule has 7 heteroatoms. The summed E-state index contributed by atoms with van der Waals surface area (Å²) in [7, 11) is 0. The maximum Gasteiger partial charge on any atom is 0.410 e. The summed E-state index contributed by atoms with van der Waals surface area (Å²) in [6, 6.07) is 16.3. The second kappa shape index (κ2) is 9.14. The Kier molecular flexibility index (Phi) is 5.91. The van der Waals surface area contributed by atoms with Crippen molar-refractivity contribution in [2.75, 3.05) is 19.8 Å². The first-order valence-electron chi connectivity index (χ1n) is 13.1. The first-order valence-corrected chi connectivity index (χ1v) is 13.1. The molecule has 0 N–H and O–H groups in total. The molecule has 2 atom stereocenters. The summed E-state index contributed by atoms with van der Waals surface area (Å²) in [4.78, 5) is 28.6. The minimum Gasteiger partial charge on any atom is -0.448 e. The first kappa shape index (κ1) is 23.9. The van der Waals surface area contributed by atoms with Gasteiger partial charge < -0.3 is 9.47 Å². The molecule has 3 heterocycles. The number of rotatable bonds is 4. The maximum absolute atomic E-state index is 13.4. The van der Waals surface area contributed by atoms with Gasteiger partial charge in [0.1, 0.15) is 6.61 Å². The smallest absolute Gasteiger partial charge is 0.410 e. The van der Waals surface area contributed by atoms with E-state index in [4.69, 9.17) is 9.47 Å². The Morgan fingerprint density at radius 2 is 1.57 bits per heavy atom. The Balaban J connectivity index is 1.15. The molecule has 2 aromatic carbocycles. The number of carbonyl (C=O) groups excluding carboxylic acids is 2. The van der Waals surface area contributed by atoms with Gasteiger partial charge in [-0.3, -0.25) is 14.4 Å². The molecule has 2 bridgehead atoms. The van der Waals surface area contributed by atoms with Crippen LogP contribution in [-0.2, 0) is 15.0 Å². The van der Waals surface area contributed by atoms with Crippen molar-refractivity contribution < 1.29 is 19.1 Å². The van der Waals surface area contributed by atoms with Crippen LogP contribution in [0.5, 0.6) is 0 Å². The van der Waals surface area contributed by atoms with Gasteiger partial charge in [0.2, 0.25) is 0 Å². The van der Waals surface area contributed by atoms with Gasteiger partial charge in [-0.2, -0.15) is 5.10 Å². The first-order chi connectivity index (χ1) is 17.8. The van der Waals surface area contributed by atoms with Gasteiger partial charge in [-0.25, -0.2) is 4.79 Å². The van der Waals surface area contributed by atoms with Gasteiger partial charge in [-0.05, 0) is 55.9 Å². The molecule has 2 aliphatic heterocycles. The molecule has 0 radical (unpaired) electrons. The maximum atomic E-state index is 13.4. The van der Waals surface area contributed by atoms with Gasteiger partial charge in [-0.1, -0.05) is 48.5 Å². The molecule has 37 heavy (non-hydrogen) atoms. The van der Waals surface area contributed by atoms with E-state index in [-0.39, 0.29) is 47.9 Å². The number of morpholine rings is 1. The van der Waals surface area contributed by atoms with Gasteiger partial charge in [0.25, 0.3) is 0 Å². The van der Waals surface area contributed by atoms with E-state index >= 15 is 0 Å². The minimum absolute atomic E-state index is 0.0194. The zero-order valence-corrected chi connectivity index (χ0v) is 21.6. The highest BCUT2D eigenvalue weighted by Gasteiger charge is 2.45. The summed E-state index contributed by atoms with van der Waals surface area (Å²) in [6.07, 6.45) is 4.33. The summed E-state index contributed by atoms with van der Waals surface area (Å²) >= 11 is 0. The lowest BCUT2D eigenvalue weighted by Crippen LogP contribution is -2.60. The molecule has 1 amide bonds. The van der Waals surface area contributed by atoms with E-state index in [9.17, 15) is 9.59 Å². The van der Waals surface area contributed by atoms with Crippen LogP contribution in [0.4, 0.5) is 4.79 Å². The van der Waals surface area contributed by atoms with Crippen molar-refractivity contribution in [3.63, 3.8) is 0 Å². The van der Waals surface area contributed by atoms with Gasteiger partial charge in [0, 0.05) is 18.0 Å². The molecule has 1 aromatic heterocycles. The third-order valence-electron chi connectivity index (χ3n) is 7.99. The van der Waals surface area contributed by atoms with Crippen LogP contribution in [-0.4, -0.2) is 58.5 Å². The summed E-state index contributed by atoms with van der Waals surface area (Å²) in [6.45, 7) is 7.31. The number of carbonyl (C=O) groups is 2. The fourth-order valence-electron chi connectivity index (χ4n) is 6.15. The van der Waals surface area contributed by atoms with Gasteiger partial charge in [-0.15, -0.1) is 0 Å². The lowest BCUT2D eigenvalue weighted by Gasteiger charge is -2.47. The average Bonchev–Trinajstić information content (AvgIpc) is 3.50. The van der Waals surface area contributed by atoms with Crippen LogP contribution in [0.3, 0.4) is 0 Å². The predicted octanol–water partition coefficient (Wildman–Crippen LogP) is 5.25. The molecule has 3 aromatic rings. The topological polar surface area (TPSA) is 73.7 Å². The van der Waals surface area contributed by atoms with E-state index in [0.29, 0.717) is 31.6 Å². The molecule has 0 spiro atoms. The summed E-state index contributed by atoms with van der Waals surface area (Å²) in [5, 5.41) is 4.40. The van der Waals surface area contributed by atoms with Crippen LogP contribution < -0.4 is 0 Å². The number of amides is 1. The Morgan fingerprint density at radius 1 is 0.973 bits per heavy atom. The van der Waals surface area contributed by atoms with Crippen LogP contribution >= 0.6 is 0 Å². The highest BCUT2D eigenvalue weighted by atomic mass is 16.6. The number of Topliss-reactive ketones (excluding diaryl/α,β-unsaturated/α-hetero) is 1. The lowest BCUT2D eigenvalue weighted by atomic mass is 9.81. The summed E-state index contributed by atoms with van der Waals surface area (Å²) in [5.41, 5.74) is 5.25. The number of benzene rings is 2.